The van der Waals surface area contributed by atoms with Crippen LogP contribution in [0.5, 0.6) is 0 Å². The van der Waals surface area contributed by atoms with Crippen molar-refractivity contribution in [3.63, 3.8) is 0 Å². The van der Waals surface area contributed by atoms with Crippen LogP contribution in [0.15, 0.2) is 4.99 Å². The van der Waals surface area contributed by atoms with Gasteiger partial charge >= 0.3 is 0 Å². The normalized spacial score (nSPS) is 18.4. The fourth-order valence-electron chi connectivity index (χ4n) is 2.03. The number of aliphatic imine (C=N–C) groups is 1. The molecule has 21 heavy (non-hydrogen) atoms. The van der Waals surface area contributed by atoms with Crippen LogP contribution in [-0.4, -0.2) is 64.0 Å². The van der Waals surface area contributed by atoms with Gasteiger partial charge in [-0.05, 0) is 37.7 Å². The quantitative estimate of drug-likeness (QED) is 0.240. The summed E-state index contributed by atoms with van der Waals surface area (Å²) in [6.45, 7) is 4.03. The Kier molecular flexibility index (Phi) is 15.4. The largest absolute Gasteiger partial charge is 0.377 e. The molecule has 0 amide bonds. The van der Waals surface area contributed by atoms with E-state index in [9.17, 15) is 0 Å². The average molecular weight is 431 g/mol. The van der Waals surface area contributed by atoms with E-state index >= 15 is 0 Å². The minimum absolute atomic E-state index is 0. The molecule has 0 bridgehead atoms. The molecule has 1 aliphatic rings. The summed E-state index contributed by atoms with van der Waals surface area (Å²) >= 11 is 1.90. The molecule has 0 aromatic rings. The second-order valence-electron chi connectivity index (χ2n) is 4.84. The monoisotopic (exact) mass is 431 g/mol. The van der Waals surface area contributed by atoms with Gasteiger partial charge in [0, 0.05) is 26.7 Å². The smallest absolute Gasteiger partial charge is 0.191 e. The van der Waals surface area contributed by atoms with Crippen LogP contribution in [0, 0.1) is 0 Å². The highest BCUT2D eigenvalue weighted by atomic mass is 127. The van der Waals surface area contributed by atoms with E-state index in [1.54, 1.807) is 7.05 Å². The van der Waals surface area contributed by atoms with Crippen LogP contribution in [-0.2, 0) is 9.47 Å². The third kappa shape index (κ3) is 11.5. The van der Waals surface area contributed by atoms with E-state index in [-0.39, 0.29) is 24.0 Å². The van der Waals surface area contributed by atoms with Gasteiger partial charge in [0.25, 0.3) is 0 Å². The molecule has 7 heteroatoms. The van der Waals surface area contributed by atoms with E-state index in [2.05, 4.69) is 21.9 Å². The van der Waals surface area contributed by atoms with E-state index in [1.807, 2.05) is 11.8 Å². The van der Waals surface area contributed by atoms with Crippen LogP contribution >= 0.6 is 35.7 Å². The Morgan fingerprint density at radius 2 is 2.14 bits per heavy atom. The molecule has 5 nitrogen and oxygen atoms in total. The van der Waals surface area contributed by atoms with Crippen molar-refractivity contribution in [1.82, 2.24) is 10.6 Å². The highest BCUT2D eigenvalue weighted by Crippen LogP contribution is 2.11. The second kappa shape index (κ2) is 15.2. The number of thioether (sulfide) groups is 1. The molecule has 1 rings (SSSR count). The lowest BCUT2D eigenvalue weighted by Crippen LogP contribution is -2.39. The molecular weight excluding hydrogens is 401 g/mol. The summed E-state index contributed by atoms with van der Waals surface area (Å²) < 4.78 is 11.1. The molecule has 126 valence electrons. The van der Waals surface area contributed by atoms with Gasteiger partial charge in [0.2, 0.25) is 0 Å². The van der Waals surface area contributed by atoms with Gasteiger partial charge in [-0.3, -0.25) is 4.99 Å². The number of hydrogen-bond donors (Lipinski definition) is 2. The van der Waals surface area contributed by atoms with Gasteiger partial charge in [-0.1, -0.05) is 0 Å². The zero-order valence-electron chi connectivity index (χ0n) is 13.2. The van der Waals surface area contributed by atoms with Crippen molar-refractivity contribution in [3.05, 3.63) is 0 Å². The highest BCUT2D eigenvalue weighted by molar-refractivity contribution is 14.0. The summed E-state index contributed by atoms with van der Waals surface area (Å²) in [7, 11) is 1.80. The Labute approximate surface area is 150 Å². The molecule has 1 atom stereocenters. The highest BCUT2D eigenvalue weighted by Gasteiger charge is 2.14. The minimum atomic E-state index is 0. The Hall–Kier alpha value is 0.270. The molecule has 1 aliphatic heterocycles. The molecule has 0 radical (unpaired) electrons. The van der Waals surface area contributed by atoms with Crippen LogP contribution in [0.25, 0.3) is 0 Å². The topological polar surface area (TPSA) is 54.9 Å². The Balaban J connectivity index is 0.00000400. The first-order valence-electron chi connectivity index (χ1n) is 7.49. The van der Waals surface area contributed by atoms with Gasteiger partial charge in [0.1, 0.15) is 0 Å². The minimum Gasteiger partial charge on any atom is -0.377 e. The number of nitrogens with zero attached hydrogens (tertiary/aromatic N) is 1. The average Bonchev–Trinajstić information content (AvgIpc) is 2.97. The second-order valence-corrected chi connectivity index (χ2v) is 5.82. The predicted molar refractivity (Wildman–Crippen MR) is 102 cm³/mol. The van der Waals surface area contributed by atoms with Gasteiger partial charge < -0.3 is 20.1 Å². The summed E-state index contributed by atoms with van der Waals surface area (Å²) in [4.78, 5) is 4.19. The first-order valence-corrected chi connectivity index (χ1v) is 8.89. The molecule has 1 unspecified atom stereocenters. The van der Waals surface area contributed by atoms with E-state index in [1.165, 1.54) is 25.0 Å². The van der Waals surface area contributed by atoms with Gasteiger partial charge in [-0.15, -0.1) is 24.0 Å². The van der Waals surface area contributed by atoms with Crippen LogP contribution in [0.3, 0.4) is 0 Å². The summed E-state index contributed by atoms with van der Waals surface area (Å²) in [6, 6.07) is 0. The number of unbranched alkanes of at least 4 members (excludes halogenated alkanes) is 1. The molecule has 0 aromatic carbocycles. The maximum atomic E-state index is 5.60. The number of halogens is 1. The summed E-state index contributed by atoms with van der Waals surface area (Å²) in [5, 5.41) is 6.56. The molecule has 2 N–H and O–H groups in total. The van der Waals surface area contributed by atoms with Crippen LogP contribution in [0.2, 0.25) is 0 Å². The lowest BCUT2D eigenvalue weighted by Gasteiger charge is -2.13. The van der Waals surface area contributed by atoms with Crippen molar-refractivity contribution in [2.75, 3.05) is 52.0 Å². The van der Waals surface area contributed by atoms with Crippen molar-refractivity contribution in [3.8, 4) is 0 Å². The summed E-state index contributed by atoms with van der Waals surface area (Å²) in [5.74, 6) is 2.08. The molecule has 1 fully saturated rings. The van der Waals surface area contributed by atoms with Gasteiger partial charge in [-0.2, -0.15) is 11.8 Å². The summed E-state index contributed by atoms with van der Waals surface area (Å²) in [6.07, 6.45) is 7.17. The van der Waals surface area contributed by atoms with Crippen LogP contribution in [0.1, 0.15) is 25.7 Å². The first-order chi connectivity index (χ1) is 9.86. The van der Waals surface area contributed by atoms with Crippen LogP contribution < -0.4 is 10.6 Å². The number of hydrogen-bond acceptors (Lipinski definition) is 4. The lowest BCUT2D eigenvalue weighted by atomic mass is 10.2. The van der Waals surface area contributed by atoms with Crippen molar-refractivity contribution < 1.29 is 9.47 Å². The van der Waals surface area contributed by atoms with E-state index < -0.39 is 0 Å². The predicted octanol–water partition coefficient (Wildman–Crippen LogP) is 2.11. The number of rotatable bonds is 10. The maximum absolute atomic E-state index is 5.60. The van der Waals surface area contributed by atoms with Crippen molar-refractivity contribution in [1.29, 1.82) is 0 Å². The fourth-order valence-corrected chi connectivity index (χ4v) is 2.52. The zero-order valence-corrected chi connectivity index (χ0v) is 16.4. The third-order valence-corrected chi connectivity index (χ3v) is 3.85. The first kappa shape index (κ1) is 21.3. The van der Waals surface area contributed by atoms with Gasteiger partial charge in [-0.25, -0.2) is 0 Å². The van der Waals surface area contributed by atoms with Crippen LogP contribution in [0.4, 0.5) is 0 Å². The fraction of sp³-hybridized carbons (Fsp3) is 0.929. The molecule has 0 saturated carbocycles. The Bertz CT molecular complexity index is 265. The molecule has 1 heterocycles. The van der Waals surface area contributed by atoms with Crippen molar-refractivity contribution >= 4 is 41.7 Å². The molecular formula is C14H30IN3O2S. The zero-order chi connectivity index (χ0) is 14.5. The standard InChI is InChI=1S/C14H29N3O2S.HI/c1-15-14(16-7-3-4-11-20-2)17-8-10-18-12-13-6-5-9-19-13;/h13H,3-12H2,1-2H3,(H2,15,16,17);1H. The number of ether oxygens (including phenoxy) is 2. The van der Waals surface area contributed by atoms with Crippen molar-refractivity contribution in [2.24, 2.45) is 4.99 Å². The van der Waals surface area contributed by atoms with Gasteiger partial charge in [0.05, 0.1) is 19.3 Å². The lowest BCUT2D eigenvalue weighted by molar-refractivity contribution is 0.0191. The molecule has 0 spiro atoms. The molecule has 0 aliphatic carbocycles. The SMILES string of the molecule is CN=C(NCCCCSC)NCCOCC1CCCO1.I. The van der Waals surface area contributed by atoms with E-state index in [0.717, 1.165) is 32.1 Å². The molecule has 0 aromatic heterocycles. The van der Waals surface area contributed by atoms with Crippen molar-refractivity contribution in [2.45, 2.75) is 31.8 Å². The van der Waals surface area contributed by atoms with E-state index in [0.29, 0.717) is 19.3 Å². The maximum Gasteiger partial charge on any atom is 0.191 e. The number of nitrogens with one attached hydrogen (secondary N) is 2. The molecule has 1 saturated heterocycles. The van der Waals surface area contributed by atoms with Gasteiger partial charge in [0.15, 0.2) is 5.96 Å². The Morgan fingerprint density at radius 1 is 1.33 bits per heavy atom. The Morgan fingerprint density at radius 3 is 2.81 bits per heavy atom. The number of guanidine groups is 1. The summed E-state index contributed by atoms with van der Waals surface area (Å²) in [5.41, 5.74) is 0. The third-order valence-electron chi connectivity index (χ3n) is 3.16. The van der Waals surface area contributed by atoms with E-state index in [4.69, 9.17) is 9.47 Å².